The van der Waals surface area contributed by atoms with Crippen LogP contribution in [0.3, 0.4) is 0 Å². The van der Waals surface area contributed by atoms with E-state index in [0.717, 1.165) is 12.8 Å². The summed E-state index contributed by atoms with van der Waals surface area (Å²) in [6.07, 6.45) is -1.75. The zero-order valence-corrected chi connectivity index (χ0v) is 17.4. The Bertz CT molecular complexity index is 1180. The number of anilines is 2. The maximum absolute atomic E-state index is 13.0. The summed E-state index contributed by atoms with van der Waals surface area (Å²) in [5.41, 5.74) is 6.93. The maximum atomic E-state index is 13.0. The van der Waals surface area contributed by atoms with Gasteiger partial charge < -0.3 is 26.0 Å². The molecule has 3 aromatic rings. The summed E-state index contributed by atoms with van der Waals surface area (Å²) in [5, 5.41) is 6.61. The van der Waals surface area contributed by atoms with E-state index in [1.807, 2.05) is 0 Å². The topological polar surface area (TPSA) is 102 Å². The fraction of sp³-hybridized carbons (Fsp3) is 0.273. The summed E-state index contributed by atoms with van der Waals surface area (Å²) >= 11 is 0. The summed E-state index contributed by atoms with van der Waals surface area (Å²) < 4.78 is 42.6. The van der Waals surface area contributed by atoms with E-state index in [0.29, 0.717) is 35.4 Å². The van der Waals surface area contributed by atoms with Crippen LogP contribution in [0.5, 0.6) is 5.75 Å². The average Bonchev–Trinajstić information content (AvgIpc) is 3.36. The van der Waals surface area contributed by atoms with E-state index < -0.39 is 12.4 Å². The molecule has 1 unspecified atom stereocenters. The molecule has 174 valence electrons. The van der Waals surface area contributed by atoms with Gasteiger partial charge in [0.1, 0.15) is 5.75 Å². The number of urea groups is 1. The molecule has 1 saturated heterocycles. The minimum atomic E-state index is -4.77. The molecule has 8 nitrogen and oxygen atoms in total. The smallest absolute Gasteiger partial charge is 0.406 e. The van der Waals surface area contributed by atoms with Crippen LogP contribution >= 0.6 is 0 Å². The number of hydrogen-bond acceptors (Lipinski definition) is 4. The van der Waals surface area contributed by atoms with Crippen molar-refractivity contribution in [1.29, 1.82) is 0 Å². The Balaban J connectivity index is 1.43. The number of fused-ring (bicyclic) bond motifs is 1. The largest absolute Gasteiger partial charge is 0.573 e. The Kier molecular flexibility index (Phi) is 6.03. The highest BCUT2D eigenvalue weighted by Crippen LogP contribution is 2.28. The van der Waals surface area contributed by atoms with Crippen LogP contribution in [-0.2, 0) is 0 Å². The van der Waals surface area contributed by atoms with E-state index in [1.165, 1.54) is 29.0 Å². The van der Waals surface area contributed by atoms with E-state index in [-0.39, 0.29) is 17.8 Å². The van der Waals surface area contributed by atoms with Crippen molar-refractivity contribution in [2.75, 3.05) is 23.7 Å². The zero-order valence-electron chi connectivity index (χ0n) is 17.4. The number of rotatable bonds is 5. The lowest BCUT2D eigenvalue weighted by molar-refractivity contribution is -0.274. The second-order valence-electron chi connectivity index (χ2n) is 7.64. The third-order valence-electron chi connectivity index (χ3n) is 5.44. The number of nitrogens with two attached hydrogens (primary N) is 1. The third kappa shape index (κ3) is 5.13. The van der Waals surface area contributed by atoms with Gasteiger partial charge in [-0.2, -0.15) is 0 Å². The SMILES string of the molecule is NC(=O)n1cc(NC(=O)N2CCCC2CNc2cccc(OC(F)(F)F)c2)c2ccccc21. The molecule has 4 rings (SSSR count). The first-order chi connectivity index (χ1) is 15.7. The summed E-state index contributed by atoms with van der Waals surface area (Å²) in [4.78, 5) is 26.4. The quantitative estimate of drug-likeness (QED) is 0.518. The lowest BCUT2D eigenvalue weighted by Crippen LogP contribution is -2.42. The molecule has 33 heavy (non-hydrogen) atoms. The van der Waals surface area contributed by atoms with Crippen molar-refractivity contribution in [2.24, 2.45) is 5.73 Å². The molecule has 11 heteroatoms. The average molecular weight is 461 g/mol. The number of nitrogens with zero attached hydrogens (tertiary/aromatic N) is 2. The first-order valence-corrected chi connectivity index (χ1v) is 10.3. The Morgan fingerprint density at radius 3 is 2.70 bits per heavy atom. The number of benzene rings is 2. The van der Waals surface area contributed by atoms with Crippen molar-refractivity contribution in [3.63, 3.8) is 0 Å². The number of aromatic nitrogens is 1. The molecule has 0 spiro atoms. The number of carbonyl (C=O) groups excluding carboxylic acids is 2. The van der Waals surface area contributed by atoms with E-state index in [1.54, 1.807) is 35.2 Å². The van der Waals surface area contributed by atoms with Crippen LogP contribution in [0, 0.1) is 0 Å². The number of halogens is 3. The minimum Gasteiger partial charge on any atom is -0.406 e. The van der Waals surface area contributed by atoms with Gasteiger partial charge in [-0.15, -0.1) is 13.2 Å². The fourth-order valence-corrected chi connectivity index (χ4v) is 4.00. The Morgan fingerprint density at radius 2 is 1.94 bits per heavy atom. The molecule has 0 radical (unpaired) electrons. The first kappa shape index (κ1) is 22.3. The second-order valence-corrected chi connectivity index (χ2v) is 7.64. The maximum Gasteiger partial charge on any atom is 0.573 e. The molecular weight excluding hydrogens is 439 g/mol. The molecule has 1 fully saturated rings. The normalized spacial score (nSPS) is 16.1. The van der Waals surface area contributed by atoms with Crippen molar-refractivity contribution in [3.8, 4) is 5.75 Å². The van der Waals surface area contributed by atoms with Gasteiger partial charge in [0, 0.05) is 36.4 Å². The van der Waals surface area contributed by atoms with E-state index in [9.17, 15) is 22.8 Å². The predicted octanol–water partition coefficient (Wildman–Crippen LogP) is 4.58. The number of amides is 3. The van der Waals surface area contributed by atoms with E-state index in [2.05, 4.69) is 15.4 Å². The van der Waals surface area contributed by atoms with Crippen LogP contribution in [0.1, 0.15) is 12.8 Å². The molecule has 1 aromatic heterocycles. The van der Waals surface area contributed by atoms with Gasteiger partial charge in [-0.25, -0.2) is 9.59 Å². The Morgan fingerprint density at radius 1 is 1.15 bits per heavy atom. The van der Waals surface area contributed by atoms with Crippen LogP contribution in [0.2, 0.25) is 0 Å². The molecule has 2 aromatic carbocycles. The van der Waals surface area contributed by atoms with Gasteiger partial charge in [0.25, 0.3) is 0 Å². The van der Waals surface area contributed by atoms with Crippen molar-refractivity contribution >= 4 is 34.3 Å². The summed E-state index contributed by atoms with van der Waals surface area (Å²) in [6, 6.07) is 11.5. The van der Waals surface area contributed by atoms with Crippen LogP contribution < -0.4 is 21.1 Å². The number of likely N-dealkylation sites (tertiary alicyclic amines) is 1. The van der Waals surface area contributed by atoms with Crippen molar-refractivity contribution in [3.05, 3.63) is 54.7 Å². The van der Waals surface area contributed by atoms with Crippen molar-refractivity contribution < 1.29 is 27.5 Å². The molecular formula is C22H22F3N5O3. The highest BCUT2D eigenvalue weighted by Gasteiger charge is 2.31. The van der Waals surface area contributed by atoms with Crippen LogP contribution in [-0.4, -0.2) is 47.0 Å². The predicted molar refractivity (Wildman–Crippen MR) is 117 cm³/mol. The number of nitrogens with one attached hydrogen (secondary N) is 2. The molecule has 4 N–H and O–H groups in total. The number of ether oxygens (including phenoxy) is 1. The molecule has 2 heterocycles. The van der Waals surface area contributed by atoms with Crippen molar-refractivity contribution in [2.45, 2.75) is 25.2 Å². The number of alkyl halides is 3. The van der Waals surface area contributed by atoms with Crippen LogP contribution in [0.25, 0.3) is 10.9 Å². The molecule has 0 bridgehead atoms. The Labute approximate surface area is 187 Å². The first-order valence-electron chi connectivity index (χ1n) is 10.3. The third-order valence-corrected chi connectivity index (χ3v) is 5.44. The molecule has 1 atom stereocenters. The van der Waals surface area contributed by atoms with Gasteiger partial charge in [-0.3, -0.25) is 4.57 Å². The standard InChI is InChI=1S/C22H22F3N5O3/c23-22(24,25)33-16-7-3-5-14(11-16)27-12-15-6-4-10-29(15)21(32)28-18-13-30(20(26)31)19-9-2-1-8-17(18)19/h1-3,5,7-9,11,13,15,27H,4,6,10,12H2,(H2,26,31)(H,28,32). The van der Waals surface area contributed by atoms with Gasteiger partial charge in [0.15, 0.2) is 0 Å². The lowest BCUT2D eigenvalue weighted by atomic mass is 10.2. The highest BCUT2D eigenvalue weighted by molar-refractivity contribution is 6.04. The molecule has 0 saturated carbocycles. The zero-order chi connectivity index (χ0) is 23.6. The lowest BCUT2D eigenvalue weighted by Gasteiger charge is -2.25. The number of para-hydroxylation sites is 1. The van der Waals surface area contributed by atoms with Crippen molar-refractivity contribution in [1.82, 2.24) is 9.47 Å². The molecule has 0 aliphatic carbocycles. The summed E-state index contributed by atoms with van der Waals surface area (Å²) in [5.74, 6) is -0.320. The molecule has 1 aliphatic rings. The van der Waals surface area contributed by atoms with Crippen LogP contribution in [0.4, 0.5) is 34.1 Å². The van der Waals surface area contributed by atoms with Gasteiger partial charge in [-0.05, 0) is 31.0 Å². The molecule has 1 aliphatic heterocycles. The van der Waals surface area contributed by atoms with Gasteiger partial charge >= 0.3 is 18.4 Å². The number of carbonyl (C=O) groups is 2. The fourth-order valence-electron chi connectivity index (χ4n) is 4.00. The van der Waals surface area contributed by atoms with Gasteiger partial charge in [-0.1, -0.05) is 24.3 Å². The van der Waals surface area contributed by atoms with E-state index in [4.69, 9.17) is 5.73 Å². The number of primary amides is 1. The number of hydrogen-bond donors (Lipinski definition) is 3. The highest BCUT2D eigenvalue weighted by atomic mass is 19.4. The Hall–Kier alpha value is -3.89. The van der Waals surface area contributed by atoms with E-state index >= 15 is 0 Å². The summed E-state index contributed by atoms with van der Waals surface area (Å²) in [7, 11) is 0. The monoisotopic (exact) mass is 461 g/mol. The van der Waals surface area contributed by atoms with Gasteiger partial charge in [0.05, 0.1) is 17.2 Å². The molecule has 3 amide bonds. The van der Waals surface area contributed by atoms with Gasteiger partial charge in [0.2, 0.25) is 0 Å². The minimum absolute atomic E-state index is 0.165. The summed E-state index contributed by atoms with van der Waals surface area (Å²) in [6.45, 7) is 0.885. The van der Waals surface area contributed by atoms with Crippen LogP contribution in [0.15, 0.2) is 54.7 Å². The second kappa shape index (κ2) is 8.93.